The number of carbonyl (C=O) groups is 1. The molecule has 1 aromatic heterocycles. The van der Waals surface area contributed by atoms with E-state index in [-0.39, 0.29) is 12.2 Å². The Balaban J connectivity index is 1.64. The Hall–Kier alpha value is -3.57. The second-order valence-electron chi connectivity index (χ2n) is 9.82. The Morgan fingerprint density at radius 3 is 2.60 bits per heavy atom. The number of nitrogens with zero attached hydrogens (tertiary/aromatic N) is 3. The molecule has 8 nitrogen and oxygen atoms in total. The van der Waals surface area contributed by atoms with Gasteiger partial charge < -0.3 is 14.8 Å². The molecule has 4 aromatic rings. The van der Waals surface area contributed by atoms with Crippen LogP contribution in [-0.4, -0.2) is 35.0 Å². The molecule has 0 spiro atoms. The maximum Gasteiger partial charge on any atom is 0.282 e. The van der Waals surface area contributed by atoms with Crippen LogP contribution in [-0.2, 0) is 10.2 Å². The summed E-state index contributed by atoms with van der Waals surface area (Å²) < 4.78 is 27.5. The predicted molar refractivity (Wildman–Crippen MR) is 161 cm³/mol. The van der Waals surface area contributed by atoms with Crippen LogP contribution in [0.3, 0.4) is 0 Å². The maximum absolute atomic E-state index is 13.4. The largest absolute Gasteiger partial charge is 0.490 e. The fourth-order valence-corrected chi connectivity index (χ4v) is 4.77. The van der Waals surface area contributed by atoms with Crippen molar-refractivity contribution >= 4 is 60.6 Å². The van der Waals surface area contributed by atoms with Crippen molar-refractivity contribution in [3.8, 4) is 11.5 Å². The zero-order valence-corrected chi connectivity index (χ0v) is 25.5. The van der Waals surface area contributed by atoms with Gasteiger partial charge in [-0.1, -0.05) is 42.8 Å². The van der Waals surface area contributed by atoms with Crippen LogP contribution in [0.4, 0.5) is 10.1 Å². The van der Waals surface area contributed by atoms with Gasteiger partial charge in [-0.15, -0.1) is 0 Å². The molecule has 0 unspecified atom stereocenters. The summed E-state index contributed by atoms with van der Waals surface area (Å²) in [5.74, 6) is 0.285. The van der Waals surface area contributed by atoms with Crippen molar-refractivity contribution in [2.75, 3.05) is 18.5 Å². The molecule has 3 aromatic carbocycles. The lowest BCUT2D eigenvalue weighted by atomic mass is 9.95. The summed E-state index contributed by atoms with van der Waals surface area (Å²) in [4.78, 5) is 30.6. The van der Waals surface area contributed by atoms with E-state index in [1.807, 2.05) is 33.8 Å². The van der Waals surface area contributed by atoms with Gasteiger partial charge in [0.2, 0.25) is 0 Å². The highest BCUT2D eigenvalue weighted by atomic mass is 79.9. The fourth-order valence-electron chi connectivity index (χ4n) is 3.83. The number of ether oxygens (including phenoxy) is 2. The third-order valence-corrected chi connectivity index (χ3v) is 6.67. The quantitative estimate of drug-likeness (QED) is 0.211. The van der Waals surface area contributed by atoms with Gasteiger partial charge in [-0.3, -0.25) is 9.59 Å². The molecular weight excluding hydrogens is 647 g/mol. The van der Waals surface area contributed by atoms with Crippen molar-refractivity contribution < 1.29 is 18.7 Å². The molecule has 0 radical (unpaired) electrons. The molecule has 0 saturated carbocycles. The lowest BCUT2D eigenvalue weighted by Gasteiger charge is -2.21. The minimum Gasteiger partial charge on any atom is -0.490 e. The molecule has 0 fully saturated rings. The number of anilines is 1. The topological polar surface area (TPSA) is 94.8 Å². The minimum absolute atomic E-state index is 0.291. The van der Waals surface area contributed by atoms with E-state index in [9.17, 15) is 14.0 Å². The molecule has 0 bridgehead atoms. The Labute approximate surface area is 247 Å². The van der Waals surface area contributed by atoms with Gasteiger partial charge in [0.1, 0.15) is 11.6 Å². The van der Waals surface area contributed by atoms with Crippen LogP contribution >= 0.6 is 31.9 Å². The summed E-state index contributed by atoms with van der Waals surface area (Å²) >= 11 is 6.91. The lowest BCUT2D eigenvalue weighted by Crippen LogP contribution is -2.29. The maximum atomic E-state index is 13.4. The second-order valence-corrected chi connectivity index (χ2v) is 11.6. The first-order valence-electron chi connectivity index (χ1n) is 12.4. The number of aromatic nitrogens is 2. The average Bonchev–Trinajstić information content (AvgIpc) is 2.87. The van der Waals surface area contributed by atoms with Crippen molar-refractivity contribution in [3.63, 3.8) is 0 Å². The molecule has 0 aliphatic rings. The summed E-state index contributed by atoms with van der Waals surface area (Å²) in [7, 11) is 0. The fraction of sp³-hybridized carbons (Fsp3) is 0.241. The van der Waals surface area contributed by atoms with E-state index >= 15 is 0 Å². The standard InChI is InChI=1S/C29H27Br2FN4O4/c1-5-39-24-12-17(11-22(31)26(24)40-16-25(37)34-20-8-6-7-19(32)14-20)15-33-36-27(38)21-13-18(30)9-10-23(21)35-28(36)29(2,3)4/h6-15H,5,16H2,1-4H3,(H,34,37). The summed E-state index contributed by atoms with van der Waals surface area (Å²) in [6, 6.07) is 14.4. The third kappa shape index (κ3) is 6.95. The molecule has 0 aliphatic heterocycles. The van der Waals surface area contributed by atoms with Crippen LogP contribution in [0.2, 0.25) is 0 Å². The number of benzene rings is 3. The normalized spacial score (nSPS) is 11.7. The van der Waals surface area contributed by atoms with Gasteiger partial charge in [0.15, 0.2) is 18.1 Å². The number of nitrogens with one attached hydrogen (secondary N) is 1. The van der Waals surface area contributed by atoms with E-state index in [0.717, 1.165) is 4.47 Å². The van der Waals surface area contributed by atoms with Crippen LogP contribution in [0.5, 0.6) is 11.5 Å². The molecule has 0 aliphatic carbocycles. The molecule has 4 rings (SSSR count). The first-order chi connectivity index (χ1) is 19.0. The molecule has 40 heavy (non-hydrogen) atoms. The van der Waals surface area contributed by atoms with E-state index in [4.69, 9.17) is 14.5 Å². The molecule has 1 N–H and O–H groups in total. The van der Waals surface area contributed by atoms with Crippen molar-refractivity contribution in [1.29, 1.82) is 0 Å². The number of rotatable bonds is 8. The van der Waals surface area contributed by atoms with Gasteiger partial charge in [0, 0.05) is 15.6 Å². The van der Waals surface area contributed by atoms with E-state index in [1.54, 1.807) is 30.3 Å². The Bertz CT molecular complexity index is 1660. The Kier molecular flexibility index (Phi) is 9.05. The van der Waals surface area contributed by atoms with E-state index < -0.39 is 17.1 Å². The van der Waals surface area contributed by atoms with Crippen LogP contribution in [0.25, 0.3) is 10.9 Å². The molecule has 1 amide bonds. The molecule has 11 heteroatoms. The van der Waals surface area contributed by atoms with Crippen LogP contribution in [0.1, 0.15) is 39.1 Å². The summed E-state index contributed by atoms with van der Waals surface area (Å²) in [6.07, 6.45) is 1.54. The minimum atomic E-state index is -0.463. The summed E-state index contributed by atoms with van der Waals surface area (Å²) in [6.45, 7) is 7.73. The Morgan fingerprint density at radius 2 is 1.90 bits per heavy atom. The number of hydrogen-bond acceptors (Lipinski definition) is 6. The van der Waals surface area contributed by atoms with Crippen molar-refractivity contribution in [2.24, 2.45) is 5.10 Å². The van der Waals surface area contributed by atoms with E-state index in [1.165, 1.54) is 29.1 Å². The van der Waals surface area contributed by atoms with Crippen molar-refractivity contribution in [3.05, 3.63) is 91.1 Å². The monoisotopic (exact) mass is 672 g/mol. The highest BCUT2D eigenvalue weighted by molar-refractivity contribution is 9.10. The number of halogens is 3. The van der Waals surface area contributed by atoms with E-state index in [0.29, 0.717) is 50.6 Å². The number of carbonyl (C=O) groups excluding carboxylic acids is 1. The smallest absolute Gasteiger partial charge is 0.282 e. The average molecular weight is 674 g/mol. The highest BCUT2D eigenvalue weighted by Crippen LogP contribution is 2.36. The molecule has 0 saturated heterocycles. The van der Waals surface area contributed by atoms with Gasteiger partial charge in [-0.05, 0) is 76.9 Å². The second kappa shape index (κ2) is 12.3. The molecule has 1 heterocycles. The van der Waals surface area contributed by atoms with E-state index in [2.05, 4.69) is 42.3 Å². The van der Waals surface area contributed by atoms with Crippen LogP contribution in [0.15, 0.2) is 73.4 Å². The van der Waals surface area contributed by atoms with Gasteiger partial charge in [0.05, 0.1) is 28.2 Å². The number of amides is 1. The zero-order valence-electron chi connectivity index (χ0n) is 22.3. The molecule has 208 valence electrons. The van der Waals surface area contributed by atoms with Gasteiger partial charge in [-0.2, -0.15) is 9.78 Å². The van der Waals surface area contributed by atoms with Gasteiger partial charge in [0.25, 0.3) is 11.5 Å². The third-order valence-electron chi connectivity index (χ3n) is 5.59. The summed E-state index contributed by atoms with van der Waals surface area (Å²) in [5, 5.41) is 7.54. The molecular formula is C29H27Br2FN4O4. The predicted octanol–water partition coefficient (Wildman–Crippen LogP) is 6.66. The highest BCUT2D eigenvalue weighted by Gasteiger charge is 2.23. The SMILES string of the molecule is CCOc1cc(C=Nn2c(C(C)(C)C)nc3ccc(Br)cc3c2=O)cc(Br)c1OCC(=O)Nc1cccc(F)c1. The van der Waals surface area contributed by atoms with Crippen LogP contribution in [0, 0.1) is 5.82 Å². The van der Waals surface area contributed by atoms with Crippen LogP contribution < -0.4 is 20.3 Å². The molecule has 0 atom stereocenters. The number of hydrogen-bond donors (Lipinski definition) is 1. The summed E-state index contributed by atoms with van der Waals surface area (Å²) in [5.41, 5.74) is 0.783. The zero-order chi connectivity index (χ0) is 29.0. The first kappa shape index (κ1) is 29.4. The van der Waals surface area contributed by atoms with Crippen molar-refractivity contribution in [1.82, 2.24) is 9.66 Å². The van der Waals surface area contributed by atoms with Gasteiger partial charge >= 0.3 is 0 Å². The number of fused-ring (bicyclic) bond motifs is 1. The Morgan fingerprint density at radius 1 is 1.12 bits per heavy atom. The lowest BCUT2D eigenvalue weighted by molar-refractivity contribution is -0.118. The van der Waals surface area contributed by atoms with Gasteiger partial charge in [-0.25, -0.2) is 9.37 Å². The first-order valence-corrected chi connectivity index (χ1v) is 14.0. The van der Waals surface area contributed by atoms with Crippen molar-refractivity contribution in [2.45, 2.75) is 33.1 Å².